The summed E-state index contributed by atoms with van der Waals surface area (Å²) in [6.07, 6.45) is -1.42. The minimum Gasteiger partial charge on any atom is -0.332 e. The summed E-state index contributed by atoms with van der Waals surface area (Å²) in [5.74, 6) is 0.122. The Morgan fingerprint density at radius 1 is 1.30 bits per heavy atom. The Labute approximate surface area is 175 Å². The fraction of sp³-hybridized carbons (Fsp3) is 0.389. The molecule has 8 nitrogen and oxygen atoms in total. The van der Waals surface area contributed by atoms with Crippen LogP contribution in [0.15, 0.2) is 35.9 Å². The predicted octanol–water partition coefficient (Wildman–Crippen LogP) is 3.12. The van der Waals surface area contributed by atoms with Crippen molar-refractivity contribution in [3.63, 3.8) is 0 Å². The molecule has 30 heavy (non-hydrogen) atoms. The van der Waals surface area contributed by atoms with Crippen molar-refractivity contribution in [2.24, 2.45) is 0 Å². The summed E-state index contributed by atoms with van der Waals surface area (Å²) in [5.41, 5.74) is 6.22. The van der Waals surface area contributed by atoms with Crippen LogP contribution in [0.4, 0.5) is 19.0 Å². The van der Waals surface area contributed by atoms with Gasteiger partial charge in [-0.1, -0.05) is 11.6 Å². The Morgan fingerprint density at radius 2 is 2.07 bits per heavy atom. The highest BCUT2D eigenvalue weighted by Crippen LogP contribution is 2.35. The van der Waals surface area contributed by atoms with E-state index in [0.29, 0.717) is 18.8 Å². The van der Waals surface area contributed by atoms with E-state index in [0.717, 1.165) is 17.6 Å². The number of anilines is 1. The van der Waals surface area contributed by atoms with Gasteiger partial charge < -0.3 is 10.3 Å². The van der Waals surface area contributed by atoms with Crippen LogP contribution in [0, 0.1) is 0 Å². The van der Waals surface area contributed by atoms with Crippen LogP contribution in [0.2, 0.25) is 5.02 Å². The first-order valence-electron chi connectivity index (χ1n) is 9.26. The van der Waals surface area contributed by atoms with Crippen molar-refractivity contribution in [3.05, 3.63) is 52.2 Å². The van der Waals surface area contributed by atoms with Gasteiger partial charge >= 0.3 is 6.18 Å². The van der Waals surface area contributed by atoms with Gasteiger partial charge in [-0.25, -0.2) is 5.01 Å². The lowest BCUT2D eigenvalue weighted by Crippen LogP contribution is -2.39. The summed E-state index contributed by atoms with van der Waals surface area (Å²) in [6, 6.07) is 3.29. The Balaban J connectivity index is 1.54. The first-order chi connectivity index (χ1) is 14.2. The Hall–Kier alpha value is -2.79. The van der Waals surface area contributed by atoms with E-state index in [4.69, 9.17) is 11.6 Å². The molecule has 0 bridgehead atoms. The molecule has 4 heterocycles. The van der Waals surface area contributed by atoms with Gasteiger partial charge in [0.2, 0.25) is 0 Å². The number of aromatic nitrogens is 3. The average molecular weight is 442 g/mol. The SMILES string of the molecule is CC(C)n1ccc(N2NNC3=C2CCN(C(=O)c2ccnc(C(F)(F)F)c2Cl)C3)n1. The van der Waals surface area contributed by atoms with Crippen LogP contribution < -0.4 is 16.0 Å². The highest BCUT2D eigenvalue weighted by atomic mass is 35.5. The van der Waals surface area contributed by atoms with E-state index in [1.54, 1.807) is 5.01 Å². The number of carbonyl (C=O) groups excluding carboxylic acids is 1. The summed E-state index contributed by atoms with van der Waals surface area (Å²) < 4.78 is 41.0. The lowest BCUT2D eigenvalue weighted by molar-refractivity contribution is -0.141. The predicted molar refractivity (Wildman–Crippen MR) is 103 cm³/mol. The largest absolute Gasteiger partial charge is 0.434 e. The van der Waals surface area contributed by atoms with Crippen molar-refractivity contribution < 1.29 is 18.0 Å². The monoisotopic (exact) mass is 441 g/mol. The summed E-state index contributed by atoms with van der Waals surface area (Å²) in [7, 11) is 0. The maximum absolute atomic E-state index is 13.1. The number of halogens is 4. The number of amides is 1. The van der Waals surface area contributed by atoms with Gasteiger partial charge in [0.25, 0.3) is 5.91 Å². The normalized spacial score (nSPS) is 16.9. The van der Waals surface area contributed by atoms with Gasteiger partial charge in [-0.3, -0.25) is 14.5 Å². The van der Waals surface area contributed by atoms with Crippen LogP contribution in [0.1, 0.15) is 42.4 Å². The number of alkyl halides is 3. The van der Waals surface area contributed by atoms with Gasteiger partial charge in [0.15, 0.2) is 11.5 Å². The third kappa shape index (κ3) is 3.58. The molecular weight excluding hydrogens is 423 g/mol. The zero-order chi connectivity index (χ0) is 21.6. The minimum atomic E-state index is -4.73. The number of rotatable bonds is 3. The van der Waals surface area contributed by atoms with Crippen LogP contribution in [-0.4, -0.2) is 38.7 Å². The van der Waals surface area contributed by atoms with Crippen molar-refractivity contribution in [2.45, 2.75) is 32.5 Å². The molecule has 0 unspecified atom stereocenters. The molecule has 1 amide bonds. The molecule has 2 aromatic heterocycles. The molecule has 4 rings (SSSR count). The Kier molecular flexibility index (Phi) is 5.10. The lowest BCUT2D eigenvalue weighted by atomic mass is 10.1. The molecule has 2 aromatic rings. The van der Waals surface area contributed by atoms with E-state index >= 15 is 0 Å². The molecule has 0 radical (unpaired) electrons. The smallest absolute Gasteiger partial charge is 0.332 e. The molecule has 2 N–H and O–H groups in total. The summed E-state index contributed by atoms with van der Waals surface area (Å²) in [5, 5.41) is 5.64. The molecule has 0 spiro atoms. The first kappa shape index (κ1) is 20.5. The van der Waals surface area contributed by atoms with Crippen molar-refractivity contribution >= 4 is 23.3 Å². The fourth-order valence-corrected chi connectivity index (χ4v) is 3.68. The molecule has 0 saturated carbocycles. The summed E-state index contributed by atoms with van der Waals surface area (Å²) in [4.78, 5) is 17.6. The average Bonchev–Trinajstić information content (AvgIpc) is 3.33. The zero-order valence-electron chi connectivity index (χ0n) is 16.2. The minimum absolute atomic E-state index is 0.197. The fourth-order valence-electron chi connectivity index (χ4n) is 3.38. The van der Waals surface area contributed by atoms with Gasteiger partial charge in [-0.15, -0.1) is 5.53 Å². The van der Waals surface area contributed by atoms with E-state index in [1.807, 2.05) is 30.8 Å². The number of hydrazine groups is 2. The van der Waals surface area contributed by atoms with Crippen molar-refractivity contribution in [3.8, 4) is 0 Å². The highest BCUT2D eigenvalue weighted by Gasteiger charge is 2.38. The van der Waals surface area contributed by atoms with Gasteiger partial charge in [-0.2, -0.15) is 18.3 Å². The van der Waals surface area contributed by atoms with Gasteiger partial charge in [0.05, 0.1) is 28.5 Å². The maximum atomic E-state index is 13.1. The Bertz CT molecular complexity index is 1020. The van der Waals surface area contributed by atoms with E-state index in [9.17, 15) is 18.0 Å². The first-order valence-corrected chi connectivity index (χ1v) is 9.64. The number of hydrogen-bond donors (Lipinski definition) is 2. The second-order valence-electron chi connectivity index (χ2n) is 7.24. The van der Waals surface area contributed by atoms with Crippen LogP contribution >= 0.6 is 11.6 Å². The van der Waals surface area contributed by atoms with E-state index < -0.39 is 22.8 Å². The maximum Gasteiger partial charge on any atom is 0.434 e. The molecule has 160 valence electrons. The topological polar surface area (TPSA) is 78.3 Å². The van der Waals surface area contributed by atoms with Crippen molar-refractivity contribution in [1.29, 1.82) is 0 Å². The second kappa shape index (κ2) is 7.47. The van der Waals surface area contributed by atoms with Gasteiger partial charge in [0.1, 0.15) is 0 Å². The van der Waals surface area contributed by atoms with E-state index in [1.165, 1.54) is 11.0 Å². The summed E-state index contributed by atoms with van der Waals surface area (Å²) in [6.45, 7) is 4.57. The molecule has 0 saturated heterocycles. The lowest BCUT2D eigenvalue weighted by Gasteiger charge is -2.29. The summed E-state index contributed by atoms with van der Waals surface area (Å²) >= 11 is 5.86. The van der Waals surface area contributed by atoms with Crippen LogP contribution in [0.3, 0.4) is 0 Å². The van der Waals surface area contributed by atoms with Gasteiger partial charge in [0, 0.05) is 37.5 Å². The number of hydrogen-bond acceptors (Lipinski definition) is 6. The molecule has 2 aliphatic rings. The molecular formula is C18H19ClF3N7O. The van der Waals surface area contributed by atoms with E-state index in [-0.39, 0.29) is 18.2 Å². The number of pyridine rings is 1. The van der Waals surface area contributed by atoms with Crippen LogP contribution in [-0.2, 0) is 6.18 Å². The third-order valence-electron chi connectivity index (χ3n) is 4.93. The molecule has 0 atom stereocenters. The number of nitrogens with zero attached hydrogens (tertiary/aromatic N) is 5. The molecule has 0 fully saturated rings. The molecule has 0 aromatic carbocycles. The van der Waals surface area contributed by atoms with Crippen LogP contribution in [0.5, 0.6) is 0 Å². The van der Waals surface area contributed by atoms with Gasteiger partial charge in [-0.05, 0) is 19.9 Å². The van der Waals surface area contributed by atoms with Crippen LogP contribution in [0.25, 0.3) is 0 Å². The number of nitrogens with one attached hydrogen (secondary N) is 2. The molecule has 0 aliphatic carbocycles. The third-order valence-corrected chi connectivity index (χ3v) is 5.31. The quantitative estimate of drug-likeness (QED) is 0.762. The zero-order valence-corrected chi connectivity index (χ0v) is 16.9. The second-order valence-corrected chi connectivity index (χ2v) is 7.62. The highest BCUT2D eigenvalue weighted by molar-refractivity contribution is 6.34. The molecule has 12 heteroatoms. The van der Waals surface area contributed by atoms with Crippen molar-refractivity contribution in [1.82, 2.24) is 30.6 Å². The van der Waals surface area contributed by atoms with E-state index in [2.05, 4.69) is 21.0 Å². The Morgan fingerprint density at radius 3 is 2.73 bits per heavy atom. The molecule has 2 aliphatic heterocycles. The number of carbonyl (C=O) groups is 1. The standard InChI is InChI=1S/C18H19ClF3N7O/c1-10(2)28-8-5-14(25-28)29-13-4-7-27(9-12(13)24-26-29)17(30)11-3-6-23-16(15(11)19)18(20,21)22/h3,5-6,8,10,24,26H,4,7,9H2,1-2H3. The van der Waals surface area contributed by atoms with Crippen molar-refractivity contribution in [2.75, 3.05) is 18.1 Å².